The first-order valence-corrected chi connectivity index (χ1v) is 9.91. The molecule has 0 fully saturated rings. The van der Waals surface area contributed by atoms with Crippen molar-refractivity contribution in [2.24, 2.45) is 0 Å². The van der Waals surface area contributed by atoms with E-state index >= 15 is 0 Å². The van der Waals surface area contributed by atoms with Crippen LogP contribution in [0.3, 0.4) is 0 Å². The van der Waals surface area contributed by atoms with Crippen LogP contribution in [-0.2, 0) is 9.53 Å². The number of halogens is 2. The van der Waals surface area contributed by atoms with Crippen molar-refractivity contribution in [3.63, 3.8) is 0 Å². The van der Waals surface area contributed by atoms with Crippen molar-refractivity contribution in [3.8, 4) is 10.6 Å². The average molecular weight is 463 g/mol. The number of aryl methyl sites for hydroxylation is 2. The van der Waals surface area contributed by atoms with Crippen molar-refractivity contribution in [2.45, 2.75) is 13.8 Å². The number of thiazole rings is 1. The van der Waals surface area contributed by atoms with Crippen LogP contribution in [0.1, 0.15) is 20.9 Å². The molecule has 8 heteroatoms. The molecule has 0 spiro atoms. The number of benzene rings is 2. The third kappa shape index (κ3) is 4.82. The Balaban J connectivity index is 1.63. The highest BCUT2D eigenvalue weighted by Gasteiger charge is 2.19. The molecule has 3 aromatic rings. The topological polar surface area (TPSA) is 68.3 Å². The SMILES string of the molecule is Cc1ccc(NC(=O)COC(=O)c2sc(-c3ccc(F)cc3)nc2C)c(Br)c1. The van der Waals surface area contributed by atoms with Gasteiger partial charge in [0.25, 0.3) is 5.91 Å². The summed E-state index contributed by atoms with van der Waals surface area (Å²) in [5, 5.41) is 3.27. The number of anilines is 1. The second-order valence-corrected chi connectivity index (χ2v) is 7.90. The smallest absolute Gasteiger partial charge is 0.350 e. The van der Waals surface area contributed by atoms with Gasteiger partial charge in [-0.2, -0.15) is 0 Å². The average Bonchev–Trinajstić information content (AvgIpc) is 3.04. The minimum Gasteiger partial charge on any atom is -0.451 e. The van der Waals surface area contributed by atoms with E-state index in [0.29, 0.717) is 26.8 Å². The molecule has 0 atom stereocenters. The number of hydrogen-bond donors (Lipinski definition) is 1. The summed E-state index contributed by atoms with van der Waals surface area (Å²) >= 11 is 4.52. The van der Waals surface area contributed by atoms with Gasteiger partial charge in [-0.05, 0) is 71.7 Å². The lowest BCUT2D eigenvalue weighted by Crippen LogP contribution is -2.21. The van der Waals surface area contributed by atoms with Crippen molar-refractivity contribution < 1.29 is 18.7 Å². The molecule has 144 valence electrons. The standard InChI is InChI=1S/C20H16BrFN2O3S/c1-11-3-8-16(15(21)9-11)24-17(25)10-27-20(26)18-12(2)23-19(28-18)13-4-6-14(22)7-5-13/h3-9H,10H2,1-2H3,(H,24,25). The zero-order valence-corrected chi connectivity index (χ0v) is 17.5. The molecule has 1 amide bonds. The Morgan fingerprint density at radius 1 is 1.18 bits per heavy atom. The Morgan fingerprint density at radius 2 is 1.89 bits per heavy atom. The normalized spacial score (nSPS) is 10.6. The van der Waals surface area contributed by atoms with E-state index in [-0.39, 0.29) is 5.82 Å². The van der Waals surface area contributed by atoms with Gasteiger partial charge < -0.3 is 10.1 Å². The molecule has 0 aliphatic rings. The van der Waals surface area contributed by atoms with Gasteiger partial charge in [-0.25, -0.2) is 14.2 Å². The van der Waals surface area contributed by atoms with E-state index in [0.717, 1.165) is 21.4 Å². The van der Waals surface area contributed by atoms with Crippen molar-refractivity contribution in [3.05, 3.63) is 68.9 Å². The van der Waals surface area contributed by atoms with Crippen molar-refractivity contribution in [1.29, 1.82) is 0 Å². The Labute approximate surface area is 173 Å². The Hall–Kier alpha value is -2.58. The lowest BCUT2D eigenvalue weighted by Gasteiger charge is -2.08. The summed E-state index contributed by atoms with van der Waals surface area (Å²) < 4.78 is 18.9. The van der Waals surface area contributed by atoms with E-state index in [9.17, 15) is 14.0 Å². The lowest BCUT2D eigenvalue weighted by molar-refractivity contribution is -0.119. The number of rotatable bonds is 5. The van der Waals surface area contributed by atoms with Gasteiger partial charge >= 0.3 is 5.97 Å². The van der Waals surface area contributed by atoms with Crippen LogP contribution in [0.25, 0.3) is 10.6 Å². The third-order valence-corrected chi connectivity index (χ3v) is 5.65. The minimum absolute atomic E-state index is 0.309. The fraction of sp³-hybridized carbons (Fsp3) is 0.150. The lowest BCUT2D eigenvalue weighted by atomic mass is 10.2. The first-order chi connectivity index (χ1) is 13.3. The molecule has 0 radical (unpaired) electrons. The molecule has 1 heterocycles. The van der Waals surface area contributed by atoms with Gasteiger partial charge in [0.05, 0.1) is 11.4 Å². The predicted molar refractivity (Wildman–Crippen MR) is 110 cm³/mol. The van der Waals surface area contributed by atoms with Crippen molar-refractivity contribution >= 4 is 44.8 Å². The monoisotopic (exact) mass is 462 g/mol. The number of hydrogen-bond acceptors (Lipinski definition) is 5. The number of aromatic nitrogens is 1. The molecule has 0 bridgehead atoms. The predicted octanol–water partition coefficient (Wildman–Crippen LogP) is 5.12. The van der Waals surface area contributed by atoms with E-state index in [1.807, 2.05) is 19.1 Å². The fourth-order valence-corrected chi connectivity index (χ4v) is 3.96. The number of esters is 1. The number of carbonyl (C=O) groups is 2. The summed E-state index contributed by atoms with van der Waals surface area (Å²) in [5.41, 5.74) is 2.85. The number of nitrogens with one attached hydrogen (secondary N) is 1. The van der Waals surface area contributed by atoms with Crippen LogP contribution in [0.15, 0.2) is 46.9 Å². The molecule has 28 heavy (non-hydrogen) atoms. The maximum Gasteiger partial charge on any atom is 0.350 e. The van der Waals surface area contributed by atoms with Crippen LogP contribution >= 0.6 is 27.3 Å². The first kappa shape index (κ1) is 20.2. The molecule has 0 aliphatic heterocycles. The van der Waals surface area contributed by atoms with Crippen LogP contribution in [0.5, 0.6) is 0 Å². The van der Waals surface area contributed by atoms with Crippen molar-refractivity contribution in [1.82, 2.24) is 4.98 Å². The zero-order chi connectivity index (χ0) is 20.3. The van der Waals surface area contributed by atoms with Gasteiger partial charge in [0.1, 0.15) is 15.7 Å². The fourth-order valence-electron chi connectivity index (χ4n) is 2.41. The molecule has 2 aromatic carbocycles. The molecule has 3 rings (SSSR count). The number of ether oxygens (including phenoxy) is 1. The van der Waals surface area contributed by atoms with Crippen LogP contribution in [0, 0.1) is 19.7 Å². The van der Waals surface area contributed by atoms with E-state index in [1.165, 1.54) is 12.1 Å². The Bertz CT molecular complexity index is 1030. The molecular formula is C20H16BrFN2O3S. The Morgan fingerprint density at radius 3 is 2.57 bits per heavy atom. The summed E-state index contributed by atoms with van der Waals surface area (Å²) in [5.74, 6) is -1.41. The van der Waals surface area contributed by atoms with Gasteiger partial charge in [-0.3, -0.25) is 4.79 Å². The largest absolute Gasteiger partial charge is 0.451 e. The van der Waals surface area contributed by atoms with Crippen LogP contribution in [-0.4, -0.2) is 23.5 Å². The quantitative estimate of drug-likeness (QED) is 0.534. The summed E-state index contributed by atoms with van der Waals surface area (Å²) in [6.45, 7) is 3.21. The molecular weight excluding hydrogens is 447 g/mol. The summed E-state index contributed by atoms with van der Waals surface area (Å²) in [6, 6.07) is 11.4. The van der Waals surface area contributed by atoms with E-state index in [4.69, 9.17) is 4.74 Å². The molecule has 1 aromatic heterocycles. The number of amides is 1. The molecule has 5 nitrogen and oxygen atoms in total. The third-order valence-electron chi connectivity index (χ3n) is 3.81. The summed E-state index contributed by atoms with van der Waals surface area (Å²) in [7, 11) is 0. The maximum absolute atomic E-state index is 13.1. The molecule has 0 saturated carbocycles. The van der Waals surface area contributed by atoms with Gasteiger partial charge in [-0.1, -0.05) is 6.07 Å². The highest BCUT2D eigenvalue weighted by molar-refractivity contribution is 9.10. The zero-order valence-electron chi connectivity index (χ0n) is 15.1. The molecule has 0 aliphatic carbocycles. The Kier molecular flexibility index (Phi) is 6.21. The van der Waals surface area contributed by atoms with E-state index in [1.54, 1.807) is 25.1 Å². The maximum atomic E-state index is 13.1. The van der Waals surface area contributed by atoms with E-state index < -0.39 is 18.5 Å². The highest BCUT2D eigenvalue weighted by Crippen LogP contribution is 2.28. The van der Waals surface area contributed by atoms with Gasteiger partial charge in [-0.15, -0.1) is 11.3 Å². The summed E-state index contributed by atoms with van der Waals surface area (Å²) in [4.78, 5) is 29.0. The minimum atomic E-state index is -0.624. The molecule has 0 saturated heterocycles. The molecule has 0 unspecified atom stereocenters. The van der Waals surface area contributed by atoms with Crippen LogP contribution < -0.4 is 5.32 Å². The molecule has 1 N–H and O–H groups in total. The van der Waals surface area contributed by atoms with E-state index in [2.05, 4.69) is 26.2 Å². The van der Waals surface area contributed by atoms with Crippen molar-refractivity contribution in [2.75, 3.05) is 11.9 Å². The van der Waals surface area contributed by atoms with Gasteiger partial charge in [0.2, 0.25) is 0 Å². The van der Waals surface area contributed by atoms with Crippen LogP contribution in [0.4, 0.5) is 10.1 Å². The number of nitrogens with zero attached hydrogens (tertiary/aromatic N) is 1. The highest BCUT2D eigenvalue weighted by atomic mass is 79.9. The second-order valence-electron chi connectivity index (χ2n) is 6.05. The second kappa shape index (κ2) is 8.62. The van der Waals surface area contributed by atoms with Gasteiger partial charge in [0.15, 0.2) is 6.61 Å². The van der Waals surface area contributed by atoms with Crippen LogP contribution in [0.2, 0.25) is 0 Å². The van der Waals surface area contributed by atoms with Gasteiger partial charge in [0, 0.05) is 10.0 Å². The number of carbonyl (C=O) groups excluding carboxylic acids is 2. The first-order valence-electron chi connectivity index (χ1n) is 8.30. The summed E-state index contributed by atoms with van der Waals surface area (Å²) in [6.07, 6.45) is 0.